The van der Waals surface area contributed by atoms with Crippen LogP contribution in [0.4, 0.5) is 71.4 Å². The van der Waals surface area contributed by atoms with Crippen LogP contribution in [0.1, 0.15) is 157 Å². The van der Waals surface area contributed by atoms with Crippen LogP contribution in [0.5, 0.6) is 0 Å². The number of rotatable bonds is 56. The molecule has 13 N–H and O–H groups in total. The first kappa shape index (κ1) is 77.8. The summed E-state index contributed by atoms with van der Waals surface area (Å²) in [5.74, 6) is 10.9. The Balaban J connectivity index is 1.02. The maximum Gasteiger partial charge on any atom is 0.228 e. The second-order valence-corrected chi connectivity index (χ2v) is 27.8. The molecule has 0 bridgehead atoms. The van der Waals surface area contributed by atoms with Gasteiger partial charge in [-0.15, -0.1) is 0 Å². The van der Waals surface area contributed by atoms with Gasteiger partial charge in [-0.25, -0.2) is 0 Å². The topological polar surface area (TPSA) is 390 Å². The van der Waals surface area contributed by atoms with Crippen molar-refractivity contribution < 1.29 is 0 Å². The van der Waals surface area contributed by atoms with Crippen LogP contribution in [0.2, 0.25) is 0 Å². The predicted octanol–water partition coefficient (Wildman–Crippen LogP) is 11.7. The van der Waals surface area contributed by atoms with Crippen molar-refractivity contribution in [3.63, 3.8) is 0 Å². The number of nitrogens with zero attached hydrogens (tertiary/aromatic N) is 18. The first-order valence-electron chi connectivity index (χ1n) is 33.8. The van der Waals surface area contributed by atoms with Gasteiger partial charge in [0.1, 0.15) is 0 Å². The lowest BCUT2D eigenvalue weighted by Gasteiger charge is -2.13. The minimum Gasteiger partial charge on any atom is -0.368 e. The van der Waals surface area contributed by atoms with Crippen molar-refractivity contribution in [3.8, 4) is 0 Å². The Morgan fingerprint density at radius 2 is 0.389 bits per heavy atom. The molecule has 30 nitrogen and oxygen atoms in total. The maximum atomic E-state index is 6.02. The van der Waals surface area contributed by atoms with Gasteiger partial charge < -0.3 is 64.2 Å². The summed E-state index contributed by atoms with van der Waals surface area (Å²) < 4.78 is 0. The average molecular weight is 1420 g/mol. The first-order valence-corrected chi connectivity index (χ1v) is 39.7. The summed E-state index contributed by atoms with van der Waals surface area (Å²) in [5.41, 5.74) is 6.02. The van der Waals surface area contributed by atoms with Crippen molar-refractivity contribution in [2.45, 2.75) is 188 Å². The Morgan fingerprint density at radius 3 is 0.579 bits per heavy atom. The number of hydrogen-bond acceptors (Lipinski definition) is 36. The number of nitrogens with two attached hydrogens (primary N) is 1. The van der Waals surface area contributed by atoms with E-state index >= 15 is 0 Å². The third-order valence-corrected chi connectivity index (χ3v) is 18.9. The van der Waals surface area contributed by atoms with Gasteiger partial charge in [0.25, 0.3) is 0 Å². The molecule has 0 aliphatic carbocycles. The third kappa shape index (κ3) is 33.5. The lowest BCUT2D eigenvalue weighted by atomic mass is 10.3. The molecule has 0 amide bonds. The molecule has 6 aromatic heterocycles. The molecule has 36 heteroatoms. The van der Waals surface area contributed by atoms with E-state index in [1.54, 1.807) is 70.6 Å². The molecule has 0 saturated heterocycles. The van der Waals surface area contributed by atoms with Crippen molar-refractivity contribution in [1.29, 1.82) is 0 Å². The fourth-order valence-electron chi connectivity index (χ4n) is 8.28. The van der Waals surface area contributed by atoms with E-state index in [4.69, 9.17) is 65.5 Å². The van der Waals surface area contributed by atoms with E-state index in [-0.39, 0.29) is 5.95 Å². The van der Waals surface area contributed by atoms with Gasteiger partial charge in [-0.05, 0) is 38.5 Å². The quantitative estimate of drug-likeness (QED) is 0.0125. The van der Waals surface area contributed by atoms with E-state index < -0.39 is 0 Å². The normalized spacial score (nSPS) is 11.1. The van der Waals surface area contributed by atoms with Gasteiger partial charge in [-0.2, -0.15) is 89.7 Å². The molecule has 6 aromatic rings. The van der Waals surface area contributed by atoms with Crippen LogP contribution in [0.25, 0.3) is 0 Å². The Kier molecular flexibility index (Phi) is 39.7. The zero-order valence-corrected chi connectivity index (χ0v) is 61.5. The van der Waals surface area contributed by atoms with Crippen LogP contribution in [-0.2, 0) is 0 Å². The molecule has 0 saturated carbocycles. The van der Waals surface area contributed by atoms with Crippen molar-refractivity contribution in [1.82, 2.24) is 89.7 Å². The zero-order valence-electron chi connectivity index (χ0n) is 56.6. The predicted molar refractivity (Wildman–Crippen MR) is 399 cm³/mol. The molecule has 524 valence electrons. The van der Waals surface area contributed by atoms with Crippen molar-refractivity contribution in [2.24, 2.45) is 0 Å². The van der Waals surface area contributed by atoms with E-state index in [1.807, 2.05) is 7.05 Å². The van der Waals surface area contributed by atoms with Crippen LogP contribution < -0.4 is 64.2 Å². The molecule has 6 heterocycles. The molecule has 95 heavy (non-hydrogen) atoms. The van der Waals surface area contributed by atoms with Crippen molar-refractivity contribution in [2.75, 3.05) is 171 Å². The lowest BCUT2D eigenvalue weighted by molar-refractivity contribution is 0.776. The van der Waals surface area contributed by atoms with E-state index in [2.05, 4.69) is 130 Å². The summed E-state index contributed by atoms with van der Waals surface area (Å²) in [5, 5.41) is 40.6. The molecule has 6 rings (SSSR count). The van der Waals surface area contributed by atoms with Gasteiger partial charge >= 0.3 is 0 Å². The summed E-state index contributed by atoms with van der Waals surface area (Å²) in [7, 11) is 1.81. The number of unbranched alkanes of at least 4 members (excludes halogenated alkanes) is 12. The Hall–Kier alpha value is -6.24. The summed E-state index contributed by atoms with van der Waals surface area (Å²) in [6.45, 7) is 18.2. The van der Waals surface area contributed by atoms with Crippen LogP contribution >= 0.6 is 70.6 Å². The SMILES string of the molecule is CCCCCSc1nc(N)nc(NCCNc2nc(NCCNc3nc(NCCNc4nc(NCCNc5nc(NCCNc6nc(NC)nc(SCCCCC)n6)nc(SCCCCC)n5)nc(SCCCCC)n4)nc(SCCCCC)n3)nc(SCCCCC)n2)n1. The van der Waals surface area contributed by atoms with E-state index in [1.165, 1.54) is 19.3 Å². The highest BCUT2D eigenvalue weighted by Crippen LogP contribution is 2.25. The van der Waals surface area contributed by atoms with Gasteiger partial charge in [0.2, 0.25) is 71.4 Å². The van der Waals surface area contributed by atoms with Gasteiger partial charge in [0.15, 0.2) is 30.9 Å². The molecule has 0 atom stereocenters. The minimum absolute atomic E-state index is 0.191. The van der Waals surface area contributed by atoms with E-state index in [0.717, 1.165) is 131 Å². The monoisotopic (exact) mass is 1420 g/mol. The summed E-state index contributed by atoms with van der Waals surface area (Å²) in [6, 6.07) is 0. The second kappa shape index (κ2) is 48.5. The van der Waals surface area contributed by atoms with E-state index in [0.29, 0.717) is 162 Å². The van der Waals surface area contributed by atoms with Gasteiger partial charge in [-0.3, -0.25) is 0 Å². The Bertz CT molecular complexity index is 3060. The number of aromatic nitrogens is 18. The Morgan fingerprint density at radius 1 is 0.221 bits per heavy atom. The van der Waals surface area contributed by atoms with Gasteiger partial charge in [-0.1, -0.05) is 189 Å². The number of thioether (sulfide) groups is 6. The van der Waals surface area contributed by atoms with Gasteiger partial charge in [0, 0.05) is 107 Å². The number of nitrogens with one attached hydrogen (secondary N) is 11. The highest BCUT2D eigenvalue weighted by atomic mass is 32.2. The van der Waals surface area contributed by atoms with E-state index in [9.17, 15) is 0 Å². The molecule has 0 aliphatic heterocycles. The largest absolute Gasteiger partial charge is 0.368 e. The molecule has 0 radical (unpaired) electrons. The molecular formula is C59H102N30S6. The Labute approximate surface area is 587 Å². The smallest absolute Gasteiger partial charge is 0.228 e. The summed E-state index contributed by atoms with van der Waals surface area (Å²) in [6.07, 6.45) is 20.3. The average Bonchev–Trinajstić information content (AvgIpc) is 2.23. The molecular weight excluding hydrogens is 1320 g/mol. The van der Waals surface area contributed by atoms with Crippen molar-refractivity contribution in [3.05, 3.63) is 0 Å². The summed E-state index contributed by atoms with van der Waals surface area (Å²) in [4.78, 5) is 84.0. The lowest BCUT2D eigenvalue weighted by Crippen LogP contribution is -2.21. The molecule has 0 aromatic carbocycles. The standard InChI is InChI=1S/C59H102N30S6/c1-8-14-20-36-90-54-73-42(60)72-44(80-54)62-26-27-64-46-75-48(84-56(82-46)92-38-22-16-10-3)66-30-31-68-50-77-52(88-58(86-50)94-40-24-18-12-5)70-34-35-71-53-78-51(87-59(89-53)95-41-25-19-13-6)69-33-32-67-49-76-47(83-57(85-49)93-39-23-17-11-4)65-29-28-63-45-74-43(61-7)79-55(81-45)91-37-21-15-9-2/h8-41H2,1-7H3,(H3,60,62,72,73,80)(H2,61,63,74,79,81)(H2,64,66,75,82,84)(H2,65,67,76,83,85)(H2,68,70,77,86,88)(H2,69,71,78,87,89). The number of nitrogen functional groups attached to an aromatic ring is 1. The highest BCUT2D eigenvalue weighted by Gasteiger charge is 2.15. The summed E-state index contributed by atoms with van der Waals surface area (Å²) >= 11 is 9.73. The molecule has 0 unspecified atom stereocenters. The highest BCUT2D eigenvalue weighted by molar-refractivity contribution is 8.00. The fraction of sp³-hybridized carbons (Fsp3) is 0.695. The molecule has 0 aliphatic rings. The molecule has 0 spiro atoms. The van der Waals surface area contributed by atoms with Gasteiger partial charge in [0.05, 0.1) is 0 Å². The third-order valence-electron chi connectivity index (χ3n) is 13.3. The minimum atomic E-state index is 0.191. The van der Waals surface area contributed by atoms with Crippen LogP contribution in [0.3, 0.4) is 0 Å². The van der Waals surface area contributed by atoms with Crippen LogP contribution in [0, 0.1) is 0 Å². The fourth-order valence-corrected chi connectivity index (χ4v) is 13.3. The second-order valence-electron chi connectivity index (χ2n) is 21.5. The van der Waals surface area contributed by atoms with Crippen LogP contribution in [-0.4, -0.2) is 197 Å². The zero-order chi connectivity index (χ0) is 67.2. The molecule has 0 fully saturated rings. The van der Waals surface area contributed by atoms with Crippen molar-refractivity contribution >= 4 is 142 Å². The van der Waals surface area contributed by atoms with Crippen LogP contribution in [0.15, 0.2) is 30.9 Å². The number of anilines is 12. The maximum absolute atomic E-state index is 6.02. The number of hydrogen-bond donors (Lipinski definition) is 12. The first-order chi connectivity index (χ1) is 46.7.